The Hall–Kier alpha value is -13.1. The van der Waals surface area contributed by atoms with E-state index in [1.165, 1.54) is 25.3 Å². The van der Waals surface area contributed by atoms with Crippen molar-refractivity contribution in [2.45, 2.75) is 42.9 Å². The van der Waals surface area contributed by atoms with Crippen LogP contribution >= 0.6 is 0 Å². The molecule has 8 N–H and O–H groups in total. The molecule has 0 aliphatic carbocycles. The number of methoxy groups -OCH3 is 7. The van der Waals surface area contributed by atoms with Gasteiger partial charge < -0.3 is 73.8 Å². The van der Waals surface area contributed by atoms with Crippen molar-refractivity contribution in [2.24, 2.45) is 5.92 Å². The number of carbonyl (C=O) groups is 4. The molecule has 0 aliphatic rings. The molecule has 28 nitrogen and oxygen atoms in total. The van der Waals surface area contributed by atoms with Crippen LogP contribution in [-0.2, 0) is 28.7 Å². The summed E-state index contributed by atoms with van der Waals surface area (Å²) in [6, 6.07) is 26.1. The van der Waals surface area contributed by atoms with Crippen LogP contribution in [-0.4, -0.2) is 169 Å². The van der Waals surface area contributed by atoms with Crippen molar-refractivity contribution >= 4 is 79.0 Å². The molecule has 14 heterocycles. The van der Waals surface area contributed by atoms with Crippen LogP contribution in [0.1, 0.15) is 87.4 Å². The lowest BCUT2D eigenvalue weighted by Gasteiger charge is -2.23. The van der Waals surface area contributed by atoms with Gasteiger partial charge in [-0.2, -0.15) is 0 Å². The van der Waals surface area contributed by atoms with Gasteiger partial charge in [0, 0.05) is 149 Å². The third kappa shape index (κ3) is 17.4. The van der Waals surface area contributed by atoms with Crippen LogP contribution in [0.3, 0.4) is 0 Å². The van der Waals surface area contributed by atoms with E-state index in [0.717, 1.165) is 91.0 Å². The summed E-state index contributed by atoms with van der Waals surface area (Å²) < 4.78 is 36.7. The number of nitrogens with one attached hydrogen (secondary N) is 7. The van der Waals surface area contributed by atoms with Gasteiger partial charge in [-0.05, 0) is 125 Å². The Balaban J connectivity index is 0.000000143. The van der Waals surface area contributed by atoms with Crippen molar-refractivity contribution in [1.82, 2.24) is 80.4 Å². The predicted molar refractivity (Wildman–Crippen MR) is 395 cm³/mol. The second-order valence-corrected chi connectivity index (χ2v) is 23.3. The number of amides is 1. The van der Waals surface area contributed by atoms with Gasteiger partial charge in [-0.1, -0.05) is 24.3 Å². The summed E-state index contributed by atoms with van der Waals surface area (Å²) in [5.74, 6) is -0.755. The Kier molecular flexibility index (Phi) is 25.9. The molecule has 0 saturated heterocycles. The number of rotatable bonds is 23. The minimum absolute atomic E-state index is 0.0311. The first kappa shape index (κ1) is 74.6. The van der Waals surface area contributed by atoms with Crippen LogP contribution in [0.15, 0.2) is 196 Å². The predicted octanol–water partition coefficient (Wildman–Crippen LogP) is 11.1. The van der Waals surface area contributed by atoms with Crippen LogP contribution in [0, 0.1) is 5.92 Å². The third-order valence-corrected chi connectivity index (χ3v) is 17.5. The summed E-state index contributed by atoms with van der Waals surface area (Å²) in [5.41, 5.74) is 11.1. The molecule has 4 unspecified atom stereocenters. The number of pyridine rings is 9. The molecule has 0 aromatic carbocycles. The van der Waals surface area contributed by atoms with Crippen LogP contribution < -0.4 is 34.3 Å². The van der Waals surface area contributed by atoms with Gasteiger partial charge in [0.1, 0.15) is 57.0 Å². The van der Waals surface area contributed by atoms with Gasteiger partial charge in [-0.3, -0.25) is 39.1 Å². The van der Waals surface area contributed by atoms with Crippen molar-refractivity contribution in [3.8, 4) is 28.7 Å². The van der Waals surface area contributed by atoms with Crippen LogP contribution in [0.5, 0.6) is 28.7 Å². The molecule has 540 valence electrons. The summed E-state index contributed by atoms with van der Waals surface area (Å²) in [7, 11) is 14.2. The highest BCUT2D eigenvalue weighted by Crippen LogP contribution is 2.43. The van der Waals surface area contributed by atoms with E-state index in [-0.39, 0.29) is 30.1 Å². The van der Waals surface area contributed by atoms with E-state index in [4.69, 9.17) is 33.2 Å². The zero-order chi connectivity index (χ0) is 74.2. The molecule has 0 bridgehead atoms. The smallest absolute Gasteiger partial charge is 0.321 e. The van der Waals surface area contributed by atoms with Gasteiger partial charge in [-0.25, -0.2) is 24.9 Å². The number of H-pyrrole nitrogens is 5. The van der Waals surface area contributed by atoms with Gasteiger partial charge >= 0.3 is 17.9 Å². The maximum atomic E-state index is 12.5. The molecule has 1 amide bonds. The third-order valence-electron chi connectivity index (χ3n) is 17.5. The molecule has 0 aliphatic heterocycles. The van der Waals surface area contributed by atoms with E-state index in [2.05, 4.69) is 86.5 Å². The van der Waals surface area contributed by atoms with E-state index in [0.29, 0.717) is 45.7 Å². The minimum atomic E-state index is -1.21. The normalized spacial score (nSPS) is 12.0. The fraction of sp³-hybridized carbons (Fsp3) is 0.234. The Labute approximate surface area is 603 Å². The van der Waals surface area contributed by atoms with Crippen molar-refractivity contribution in [3.05, 3.63) is 241 Å². The van der Waals surface area contributed by atoms with Gasteiger partial charge in [0.15, 0.2) is 5.92 Å². The molecule has 0 saturated carbocycles. The second-order valence-electron chi connectivity index (χ2n) is 23.3. The maximum absolute atomic E-state index is 12.5. The van der Waals surface area contributed by atoms with E-state index in [1.54, 1.807) is 160 Å². The number of ether oxygens (including phenoxy) is 7. The van der Waals surface area contributed by atoms with Crippen LogP contribution in [0.25, 0.3) is 55.2 Å². The molecule has 0 spiro atoms. The van der Waals surface area contributed by atoms with Gasteiger partial charge in [0.05, 0.1) is 83.1 Å². The molecule has 14 rings (SSSR count). The fourth-order valence-corrected chi connectivity index (χ4v) is 12.6. The maximum Gasteiger partial charge on any atom is 0.321 e. The molecule has 28 heteroatoms. The number of carboxylic acids is 1. The first-order chi connectivity index (χ1) is 51.3. The molecule has 4 atom stereocenters. The minimum Gasteiger partial charge on any atom is -0.496 e. The van der Waals surface area contributed by atoms with Gasteiger partial charge in [0.25, 0.3) is 0 Å². The van der Waals surface area contributed by atoms with E-state index in [9.17, 15) is 24.3 Å². The highest BCUT2D eigenvalue weighted by atomic mass is 16.5. The first-order valence-electron chi connectivity index (χ1n) is 33.1. The van der Waals surface area contributed by atoms with E-state index >= 15 is 0 Å². The Morgan fingerprint density at radius 2 is 0.781 bits per heavy atom. The Morgan fingerprint density at radius 1 is 0.419 bits per heavy atom. The van der Waals surface area contributed by atoms with E-state index in [1.807, 2.05) is 80.4 Å². The molecule has 0 radical (unpaired) electrons. The fourth-order valence-electron chi connectivity index (χ4n) is 12.6. The lowest BCUT2D eigenvalue weighted by atomic mass is 9.81. The van der Waals surface area contributed by atoms with Crippen molar-refractivity contribution < 1.29 is 57.4 Å². The number of fused-ring (bicyclic) bond motifs is 5. The number of hydrogen-bond acceptors (Lipinski definition) is 21. The number of aromatic nitrogens is 14. The summed E-state index contributed by atoms with van der Waals surface area (Å²) in [6.45, 7) is 0.925. The summed E-state index contributed by atoms with van der Waals surface area (Å²) in [6.07, 6.45) is 32.8. The average molecular weight is 1420 g/mol. The molecule has 105 heavy (non-hydrogen) atoms. The number of aliphatic carboxylic acids is 1. The standard InChI is InChI=1S/C19H19N3O5.C17H18N4O2.C17H20N4O.C16H15N3O3.C8H8N2O/c1-25-13-6-8-21-17-15(13)12(10-22-17)14(11-5-4-7-20-9-11)16(18(23)26-2)19(24)27-3;1-18-15(22)8-12(11-4-3-6-19-9-11)13-10-21-17-16(13)14(23-2)5-7-20-17;1-18-8-5-13(12-4-3-7-19-10-12)14-11-21-17-16(14)15(22-2)6-9-20-17;1-22-13-4-6-18-16-15(13)12(9-19-16)11(7-14(20)21)10-3-2-5-17-8-10;1-11-7-3-5-10-8-6(7)2-4-9-8/h4-10,14,16H,1-3H3,(H,21,22);3-7,9-10,12H,8H2,1-2H3,(H,18,22)(H,20,21);3-4,6-7,9-11,13,18H,5,8H2,1-2H3,(H,20,21);2-6,8-9,11H,7H2,1H3,(H,18,19)(H,20,21);2-5H,1H3,(H,9,10). The number of esters is 2. The Morgan fingerprint density at radius 3 is 1.15 bits per heavy atom. The number of hydrogen-bond donors (Lipinski definition) is 8. The van der Waals surface area contributed by atoms with Crippen molar-refractivity contribution in [2.75, 3.05) is 70.4 Å². The highest BCUT2D eigenvalue weighted by Gasteiger charge is 2.41. The summed E-state index contributed by atoms with van der Waals surface area (Å²) in [4.78, 5) is 102. The van der Waals surface area contributed by atoms with Crippen molar-refractivity contribution in [1.29, 1.82) is 0 Å². The lowest BCUT2D eigenvalue weighted by Crippen LogP contribution is -2.33. The molecular formula is C77H80N16O12. The molecular weight excluding hydrogens is 1340 g/mol. The van der Waals surface area contributed by atoms with Gasteiger partial charge in [0.2, 0.25) is 5.91 Å². The molecule has 14 aromatic rings. The highest BCUT2D eigenvalue weighted by molar-refractivity contribution is 5.99. The summed E-state index contributed by atoms with van der Waals surface area (Å²) in [5, 5.41) is 19.6. The van der Waals surface area contributed by atoms with Crippen LogP contribution in [0.2, 0.25) is 0 Å². The number of carbonyl (C=O) groups excluding carboxylic acids is 3. The monoisotopic (exact) mass is 1420 g/mol. The SMILES string of the molecule is CNC(=O)CC(c1cccnc1)c1c[nH]c2nccc(OC)c12.CNCCC(c1cccnc1)c1c[nH]c2nccc(OC)c12.COC(=O)C(C(=O)OC)C(c1cccnc1)c1c[nH]c2nccc(OC)c12.COc1ccnc2[nH]cc(C(CC(=O)O)c3cccnc3)c12.COc1ccnc2[nH]ccc12. The average Bonchev–Trinajstić information content (AvgIpc) is 1.70. The van der Waals surface area contributed by atoms with Crippen molar-refractivity contribution in [3.63, 3.8) is 0 Å². The largest absolute Gasteiger partial charge is 0.496 e. The van der Waals surface area contributed by atoms with E-state index < -0.39 is 29.7 Å². The number of aromatic amines is 5. The Bertz CT molecular complexity index is 5120. The topological polar surface area (TPSA) is 372 Å². The zero-order valence-electron chi connectivity index (χ0n) is 59.2. The second kappa shape index (κ2) is 36.5. The summed E-state index contributed by atoms with van der Waals surface area (Å²) >= 11 is 0. The first-order valence-corrected chi connectivity index (χ1v) is 33.1. The number of carboxylic acid groups (broad SMARTS) is 1. The van der Waals surface area contributed by atoms with Gasteiger partial charge in [-0.15, -0.1) is 0 Å². The molecule has 14 aromatic heterocycles. The zero-order valence-corrected chi connectivity index (χ0v) is 59.2. The number of nitrogens with zero attached hydrogens (tertiary/aromatic N) is 9. The van der Waals surface area contributed by atoms with Crippen LogP contribution in [0.4, 0.5) is 0 Å². The lowest BCUT2D eigenvalue weighted by molar-refractivity contribution is -0.159. The molecule has 0 fully saturated rings. The quantitative estimate of drug-likeness (QED) is 0.0218.